The summed E-state index contributed by atoms with van der Waals surface area (Å²) in [5.74, 6) is -0.124. The molecule has 4 rings (SSSR count). The first-order chi connectivity index (χ1) is 13.8. The number of carbonyl (C=O) groups is 2. The lowest BCUT2D eigenvalue weighted by Gasteiger charge is -2.26. The van der Waals surface area contributed by atoms with E-state index in [4.69, 9.17) is 9.15 Å². The zero-order chi connectivity index (χ0) is 20.6. The minimum Gasteiger partial charge on any atom is -0.466 e. The summed E-state index contributed by atoms with van der Waals surface area (Å²) in [6, 6.07) is 8.99. The maximum atomic E-state index is 12.9. The summed E-state index contributed by atoms with van der Waals surface area (Å²) in [6.45, 7) is 2.82. The Hall–Kier alpha value is -2.69. The summed E-state index contributed by atoms with van der Waals surface area (Å²) in [5, 5.41) is 2.65. The second-order valence-corrected chi connectivity index (χ2v) is 9.03. The van der Waals surface area contributed by atoms with E-state index in [2.05, 4.69) is 5.32 Å². The van der Waals surface area contributed by atoms with Crippen LogP contribution in [0.2, 0.25) is 0 Å². The smallest absolute Gasteiger partial charge is 0.325 e. The van der Waals surface area contributed by atoms with Crippen LogP contribution in [0.5, 0.6) is 0 Å². The van der Waals surface area contributed by atoms with Gasteiger partial charge in [-0.1, -0.05) is 12.1 Å². The molecule has 1 aromatic carbocycles. The first kappa shape index (κ1) is 19.6. The van der Waals surface area contributed by atoms with Gasteiger partial charge < -0.3 is 14.5 Å². The molecule has 2 fully saturated rings. The van der Waals surface area contributed by atoms with Crippen molar-refractivity contribution >= 4 is 22.0 Å². The minimum atomic E-state index is -3.67. The van der Waals surface area contributed by atoms with Crippen molar-refractivity contribution in [3.8, 4) is 0 Å². The molecule has 1 atom stereocenters. The van der Waals surface area contributed by atoms with Gasteiger partial charge in [0.05, 0.1) is 30.9 Å². The van der Waals surface area contributed by atoms with Crippen LogP contribution in [-0.4, -0.2) is 55.9 Å². The Balaban J connectivity index is 1.57. The number of imide groups is 1. The summed E-state index contributed by atoms with van der Waals surface area (Å²) < 4.78 is 37.6. The maximum absolute atomic E-state index is 12.9. The molecule has 154 valence electrons. The lowest BCUT2D eigenvalue weighted by atomic mass is 9.99. The molecule has 0 spiro atoms. The van der Waals surface area contributed by atoms with E-state index in [0.717, 1.165) is 4.90 Å². The van der Waals surface area contributed by atoms with Crippen LogP contribution in [0.4, 0.5) is 4.79 Å². The van der Waals surface area contributed by atoms with Gasteiger partial charge in [0.2, 0.25) is 10.0 Å². The van der Waals surface area contributed by atoms with E-state index in [1.165, 1.54) is 22.7 Å². The largest absolute Gasteiger partial charge is 0.466 e. The Bertz CT molecular complexity index is 1030. The van der Waals surface area contributed by atoms with Crippen molar-refractivity contribution in [2.45, 2.75) is 23.9 Å². The van der Waals surface area contributed by atoms with Gasteiger partial charge in [0, 0.05) is 13.1 Å². The van der Waals surface area contributed by atoms with E-state index in [0.29, 0.717) is 37.6 Å². The van der Waals surface area contributed by atoms with Crippen molar-refractivity contribution in [3.63, 3.8) is 0 Å². The van der Waals surface area contributed by atoms with E-state index < -0.39 is 27.5 Å². The van der Waals surface area contributed by atoms with Crippen molar-refractivity contribution in [3.05, 3.63) is 54.0 Å². The Labute approximate surface area is 168 Å². The highest BCUT2D eigenvalue weighted by atomic mass is 32.2. The SMILES string of the molecule is C[C@@]1(c2ccco2)NC(=O)N(Cc2cccc(S(=O)(=O)N3CCOCC3)c2)C1=O. The lowest BCUT2D eigenvalue weighted by Crippen LogP contribution is -2.40. The number of nitrogens with zero attached hydrogens (tertiary/aromatic N) is 2. The topological polar surface area (TPSA) is 109 Å². The number of carbonyl (C=O) groups excluding carboxylic acids is 2. The Morgan fingerprint density at radius 1 is 1.14 bits per heavy atom. The molecule has 1 N–H and O–H groups in total. The van der Waals surface area contributed by atoms with E-state index in [1.807, 2.05) is 0 Å². The van der Waals surface area contributed by atoms with Gasteiger partial charge >= 0.3 is 6.03 Å². The van der Waals surface area contributed by atoms with Gasteiger partial charge in [-0.25, -0.2) is 13.2 Å². The molecule has 1 aromatic heterocycles. The molecule has 0 aliphatic carbocycles. The molecule has 0 bridgehead atoms. The molecular weight excluding hydrogens is 398 g/mol. The fourth-order valence-corrected chi connectivity index (χ4v) is 4.97. The summed E-state index contributed by atoms with van der Waals surface area (Å²) in [5.41, 5.74) is -0.760. The molecule has 2 saturated heterocycles. The monoisotopic (exact) mass is 419 g/mol. The first-order valence-corrected chi connectivity index (χ1v) is 10.6. The van der Waals surface area contributed by atoms with Crippen LogP contribution < -0.4 is 5.32 Å². The van der Waals surface area contributed by atoms with Crippen LogP contribution in [-0.2, 0) is 31.6 Å². The van der Waals surface area contributed by atoms with Crippen LogP contribution in [0.15, 0.2) is 52.0 Å². The van der Waals surface area contributed by atoms with Crippen molar-refractivity contribution < 1.29 is 27.2 Å². The number of hydrogen-bond donors (Lipinski definition) is 1. The number of furan rings is 1. The van der Waals surface area contributed by atoms with Crippen LogP contribution in [0.1, 0.15) is 18.2 Å². The van der Waals surface area contributed by atoms with Gasteiger partial charge in [0.1, 0.15) is 5.76 Å². The second kappa shape index (κ2) is 7.29. The molecule has 2 aromatic rings. The number of hydrogen-bond acceptors (Lipinski definition) is 6. The number of urea groups is 1. The van der Waals surface area contributed by atoms with Crippen LogP contribution >= 0.6 is 0 Å². The van der Waals surface area contributed by atoms with Crippen LogP contribution in [0, 0.1) is 0 Å². The van der Waals surface area contributed by atoms with E-state index in [-0.39, 0.29) is 11.4 Å². The average molecular weight is 419 g/mol. The number of amides is 3. The van der Waals surface area contributed by atoms with E-state index in [1.54, 1.807) is 31.2 Å². The summed E-state index contributed by atoms with van der Waals surface area (Å²) in [7, 11) is -3.67. The predicted octanol–water partition coefficient (Wildman–Crippen LogP) is 1.27. The zero-order valence-corrected chi connectivity index (χ0v) is 16.6. The molecule has 2 aliphatic heterocycles. The molecule has 3 amide bonds. The highest BCUT2D eigenvalue weighted by molar-refractivity contribution is 7.89. The quantitative estimate of drug-likeness (QED) is 0.731. The number of ether oxygens (including phenoxy) is 1. The molecule has 3 heterocycles. The molecular formula is C19H21N3O6S. The molecule has 2 aliphatic rings. The standard InChI is InChI=1S/C19H21N3O6S/c1-19(16-6-3-9-28-16)17(23)22(18(24)20-19)13-14-4-2-5-15(12-14)29(25,26)21-7-10-27-11-8-21/h2-6,9,12H,7-8,10-11,13H2,1H3,(H,20,24)/t19-/m0/s1. The van der Waals surface area contributed by atoms with Crippen molar-refractivity contribution in [1.29, 1.82) is 0 Å². The Morgan fingerprint density at radius 3 is 2.59 bits per heavy atom. The number of rotatable bonds is 5. The van der Waals surface area contributed by atoms with Crippen molar-refractivity contribution in [2.75, 3.05) is 26.3 Å². The number of nitrogens with one attached hydrogen (secondary N) is 1. The lowest BCUT2D eigenvalue weighted by molar-refractivity contribution is -0.132. The maximum Gasteiger partial charge on any atom is 0.325 e. The third kappa shape index (κ3) is 3.43. The van der Waals surface area contributed by atoms with E-state index in [9.17, 15) is 18.0 Å². The molecule has 10 heteroatoms. The van der Waals surface area contributed by atoms with Gasteiger partial charge in [-0.05, 0) is 36.8 Å². The minimum absolute atomic E-state index is 0.0482. The second-order valence-electron chi connectivity index (χ2n) is 7.09. The number of sulfonamides is 1. The Morgan fingerprint density at radius 2 is 1.90 bits per heavy atom. The molecule has 0 radical (unpaired) electrons. The summed E-state index contributed by atoms with van der Waals surface area (Å²) in [4.78, 5) is 26.5. The highest BCUT2D eigenvalue weighted by Gasteiger charge is 2.50. The molecule has 0 unspecified atom stereocenters. The number of morpholine rings is 1. The summed E-state index contributed by atoms with van der Waals surface area (Å²) >= 11 is 0. The first-order valence-electron chi connectivity index (χ1n) is 9.17. The van der Waals surface area contributed by atoms with Gasteiger partial charge in [0.15, 0.2) is 5.54 Å². The molecule has 0 saturated carbocycles. The van der Waals surface area contributed by atoms with E-state index >= 15 is 0 Å². The van der Waals surface area contributed by atoms with Gasteiger partial charge in [-0.15, -0.1) is 0 Å². The van der Waals surface area contributed by atoms with Gasteiger partial charge in [-0.3, -0.25) is 9.69 Å². The van der Waals surface area contributed by atoms with Gasteiger partial charge in [-0.2, -0.15) is 4.31 Å². The molecule has 29 heavy (non-hydrogen) atoms. The van der Waals surface area contributed by atoms with Crippen molar-refractivity contribution in [1.82, 2.24) is 14.5 Å². The zero-order valence-electron chi connectivity index (χ0n) is 15.8. The molecule has 9 nitrogen and oxygen atoms in total. The fourth-order valence-electron chi connectivity index (χ4n) is 3.49. The summed E-state index contributed by atoms with van der Waals surface area (Å²) in [6.07, 6.45) is 1.43. The third-order valence-electron chi connectivity index (χ3n) is 5.14. The van der Waals surface area contributed by atoms with Crippen molar-refractivity contribution in [2.24, 2.45) is 0 Å². The normalized spacial score (nSPS) is 23.4. The predicted molar refractivity (Wildman–Crippen MR) is 101 cm³/mol. The fraction of sp³-hybridized carbons (Fsp3) is 0.368. The van der Waals surface area contributed by atoms with Crippen LogP contribution in [0.3, 0.4) is 0 Å². The highest BCUT2D eigenvalue weighted by Crippen LogP contribution is 2.30. The average Bonchev–Trinajstić information content (AvgIpc) is 3.34. The third-order valence-corrected chi connectivity index (χ3v) is 7.03. The number of benzene rings is 1. The van der Waals surface area contributed by atoms with Crippen LogP contribution in [0.25, 0.3) is 0 Å². The van der Waals surface area contributed by atoms with Gasteiger partial charge in [0.25, 0.3) is 5.91 Å². The Kier molecular flexibility index (Phi) is 4.93.